The maximum atomic E-state index is 13.6. The second-order valence-corrected chi connectivity index (χ2v) is 8.55. The van der Waals surface area contributed by atoms with Gasteiger partial charge in [0, 0.05) is 13.0 Å². The largest absolute Gasteiger partial charge is 0.494 e. The summed E-state index contributed by atoms with van der Waals surface area (Å²) in [4.78, 5) is 30.3. The van der Waals surface area contributed by atoms with Crippen LogP contribution in [0.1, 0.15) is 61.3 Å². The van der Waals surface area contributed by atoms with Crippen LogP contribution >= 0.6 is 0 Å². The Kier molecular flexibility index (Phi) is 7.14. The summed E-state index contributed by atoms with van der Waals surface area (Å²) in [6.07, 6.45) is 1.76. The van der Waals surface area contributed by atoms with E-state index in [9.17, 15) is 9.59 Å². The van der Waals surface area contributed by atoms with Crippen LogP contribution in [0.2, 0.25) is 0 Å². The van der Waals surface area contributed by atoms with E-state index in [-0.39, 0.29) is 17.1 Å². The minimum atomic E-state index is -0.481. The third-order valence-corrected chi connectivity index (χ3v) is 6.45. The summed E-state index contributed by atoms with van der Waals surface area (Å²) in [5, 5.41) is 0.502. The number of para-hydroxylation sites is 1. The van der Waals surface area contributed by atoms with E-state index in [0.717, 1.165) is 43.8 Å². The molecule has 4 rings (SSSR count). The van der Waals surface area contributed by atoms with Gasteiger partial charge in [0.2, 0.25) is 5.76 Å². The number of ether oxygens (including phenoxy) is 1. The minimum Gasteiger partial charge on any atom is -0.494 e. The summed E-state index contributed by atoms with van der Waals surface area (Å²) in [5.41, 5.74) is 1.61. The van der Waals surface area contributed by atoms with Crippen LogP contribution in [-0.4, -0.2) is 43.6 Å². The fourth-order valence-corrected chi connectivity index (χ4v) is 4.64. The summed E-state index contributed by atoms with van der Waals surface area (Å²) in [6.45, 7) is 10.7. The lowest BCUT2D eigenvalue weighted by molar-refractivity contribution is -0.896. The lowest BCUT2D eigenvalue weighted by Gasteiger charge is -2.26. The van der Waals surface area contributed by atoms with E-state index in [2.05, 4.69) is 20.8 Å². The molecule has 174 valence electrons. The summed E-state index contributed by atoms with van der Waals surface area (Å²) in [5.74, 6) is 0.694. The number of carbonyl (C=O) groups is 1. The van der Waals surface area contributed by atoms with E-state index in [0.29, 0.717) is 29.7 Å². The van der Waals surface area contributed by atoms with Gasteiger partial charge in [0.05, 0.1) is 43.2 Å². The molecule has 2 heterocycles. The number of nitrogens with one attached hydrogen (secondary N) is 1. The normalized spacial score (nSPS) is 15.5. The molecule has 0 spiro atoms. The molecule has 3 aromatic rings. The Morgan fingerprint density at radius 2 is 1.82 bits per heavy atom. The number of rotatable bonds is 10. The molecular formula is C27H33N2O4+. The van der Waals surface area contributed by atoms with Crippen LogP contribution in [0.3, 0.4) is 0 Å². The molecule has 0 saturated carbocycles. The van der Waals surface area contributed by atoms with Gasteiger partial charge in [0.25, 0.3) is 5.91 Å². The van der Waals surface area contributed by atoms with Gasteiger partial charge in [-0.15, -0.1) is 0 Å². The number of hydrogen-bond donors (Lipinski definition) is 1. The van der Waals surface area contributed by atoms with Crippen LogP contribution in [-0.2, 0) is 0 Å². The van der Waals surface area contributed by atoms with Gasteiger partial charge in [-0.3, -0.25) is 9.59 Å². The summed E-state index contributed by atoms with van der Waals surface area (Å²) in [6, 6.07) is 14.4. The predicted octanol–water partition coefficient (Wildman–Crippen LogP) is 3.44. The molecule has 6 nitrogen and oxygen atoms in total. The molecule has 1 N–H and O–H groups in total. The highest BCUT2D eigenvalue weighted by Crippen LogP contribution is 2.39. The van der Waals surface area contributed by atoms with Gasteiger partial charge in [-0.2, -0.15) is 0 Å². The Bertz CT molecular complexity index is 1180. The van der Waals surface area contributed by atoms with Gasteiger partial charge in [0.15, 0.2) is 5.43 Å². The van der Waals surface area contributed by atoms with E-state index in [1.807, 2.05) is 36.4 Å². The first-order valence-electron chi connectivity index (χ1n) is 12.0. The standard InChI is InChI=1S/C27H32N2O4/c1-4-17-32-20-12-9-11-19(18-20)24-23-25(30)21-13-7-8-14-22(21)33-26(23)27(31)29(24)16-10-15-28(5-2)6-3/h7-9,11-14,18,24H,4-6,10,15-17H2,1-3H3/p+1/t24-/m1/s1. The van der Waals surface area contributed by atoms with E-state index < -0.39 is 6.04 Å². The molecular weight excluding hydrogens is 416 g/mol. The number of quaternary nitrogens is 1. The number of nitrogens with zero attached hydrogens (tertiary/aromatic N) is 1. The third kappa shape index (κ3) is 4.53. The van der Waals surface area contributed by atoms with Gasteiger partial charge in [-0.05, 0) is 50.1 Å². The molecule has 1 aliphatic rings. The zero-order chi connectivity index (χ0) is 23.4. The average Bonchev–Trinajstić information content (AvgIpc) is 3.12. The Morgan fingerprint density at radius 1 is 1.03 bits per heavy atom. The van der Waals surface area contributed by atoms with Crippen molar-refractivity contribution < 1.29 is 18.8 Å². The molecule has 1 aliphatic heterocycles. The third-order valence-electron chi connectivity index (χ3n) is 6.45. The first-order valence-corrected chi connectivity index (χ1v) is 12.0. The van der Waals surface area contributed by atoms with Crippen LogP contribution in [0.5, 0.6) is 5.75 Å². The molecule has 0 radical (unpaired) electrons. The summed E-state index contributed by atoms with van der Waals surface area (Å²) in [7, 11) is 0. The van der Waals surface area contributed by atoms with Crippen molar-refractivity contribution in [2.45, 2.75) is 39.7 Å². The highest BCUT2D eigenvalue weighted by molar-refractivity contribution is 5.99. The van der Waals surface area contributed by atoms with Gasteiger partial charge in [0.1, 0.15) is 11.3 Å². The molecule has 1 amide bonds. The summed E-state index contributed by atoms with van der Waals surface area (Å²) >= 11 is 0. The molecule has 0 aliphatic carbocycles. The van der Waals surface area contributed by atoms with Crippen LogP contribution < -0.4 is 15.1 Å². The first kappa shape index (κ1) is 23.1. The maximum Gasteiger partial charge on any atom is 0.290 e. The Labute approximate surface area is 194 Å². The predicted molar refractivity (Wildman–Crippen MR) is 129 cm³/mol. The maximum absolute atomic E-state index is 13.6. The van der Waals surface area contributed by atoms with Crippen LogP contribution in [0.15, 0.2) is 57.7 Å². The SMILES string of the molecule is CCCOc1cccc([C@@H]2c3c(oc4ccccc4c3=O)C(=O)N2CCC[NH+](CC)CC)c1. The lowest BCUT2D eigenvalue weighted by Crippen LogP contribution is -3.11. The van der Waals surface area contributed by atoms with Crippen molar-refractivity contribution in [3.8, 4) is 5.75 Å². The van der Waals surface area contributed by atoms with Crippen molar-refractivity contribution >= 4 is 16.9 Å². The van der Waals surface area contributed by atoms with Crippen molar-refractivity contribution in [1.29, 1.82) is 0 Å². The highest BCUT2D eigenvalue weighted by atomic mass is 16.5. The molecule has 0 bridgehead atoms. The van der Waals surface area contributed by atoms with Crippen molar-refractivity contribution in [2.24, 2.45) is 0 Å². The zero-order valence-electron chi connectivity index (χ0n) is 19.7. The van der Waals surface area contributed by atoms with Crippen molar-refractivity contribution in [3.63, 3.8) is 0 Å². The summed E-state index contributed by atoms with van der Waals surface area (Å²) < 4.78 is 11.9. The average molecular weight is 450 g/mol. The molecule has 1 atom stereocenters. The first-order chi connectivity index (χ1) is 16.1. The van der Waals surface area contributed by atoms with E-state index >= 15 is 0 Å². The fraction of sp³-hybridized carbons (Fsp3) is 0.407. The lowest BCUT2D eigenvalue weighted by atomic mass is 9.98. The fourth-order valence-electron chi connectivity index (χ4n) is 4.64. The molecule has 0 saturated heterocycles. The Balaban J connectivity index is 1.77. The molecule has 33 heavy (non-hydrogen) atoms. The zero-order valence-corrected chi connectivity index (χ0v) is 19.7. The number of benzene rings is 2. The van der Waals surface area contributed by atoms with Gasteiger partial charge in [-0.25, -0.2) is 0 Å². The van der Waals surface area contributed by atoms with E-state index in [1.165, 1.54) is 4.90 Å². The smallest absolute Gasteiger partial charge is 0.290 e. The van der Waals surface area contributed by atoms with Crippen LogP contribution in [0.25, 0.3) is 11.0 Å². The highest BCUT2D eigenvalue weighted by Gasteiger charge is 2.42. The molecule has 0 fully saturated rings. The molecule has 0 unspecified atom stereocenters. The molecule has 6 heteroatoms. The number of amides is 1. The second-order valence-electron chi connectivity index (χ2n) is 8.55. The quantitative estimate of drug-likeness (QED) is 0.515. The molecule has 1 aromatic heterocycles. The van der Waals surface area contributed by atoms with Crippen LogP contribution in [0.4, 0.5) is 0 Å². The number of fused-ring (bicyclic) bond motifs is 2. The number of hydrogen-bond acceptors (Lipinski definition) is 4. The Hall–Kier alpha value is -3.12. The number of carbonyl (C=O) groups excluding carboxylic acids is 1. The van der Waals surface area contributed by atoms with Gasteiger partial charge in [-0.1, -0.05) is 31.2 Å². The van der Waals surface area contributed by atoms with Crippen LogP contribution in [0, 0.1) is 0 Å². The van der Waals surface area contributed by atoms with E-state index in [4.69, 9.17) is 9.15 Å². The molecule has 2 aromatic carbocycles. The van der Waals surface area contributed by atoms with Gasteiger partial charge >= 0.3 is 0 Å². The van der Waals surface area contributed by atoms with Gasteiger partial charge < -0.3 is 19.0 Å². The van der Waals surface area contributed by atoms with Crippen molar-refractivity contribution in [3.05, 3.63) is 75.6 Å². The van der Waals surface area contributed by atoms with Crippen molar-refractivity contribution in [1.82, 2.24) is 4.90 Å². The van der Waals surface area contributed by atoms with E-state index in [1.54, 1.807) is 17.0 Å². The second kappa shape index (κ2) is 10.2. The monoisotopic (exact) mass is 449 g/mol. The minimum absolute atomic E-state index is 0.137. The topological polar surface area (TPSA) is 64.2 Å². The van der Waals surface area contributed by atoms with Crippen molar-refractivity contribution in [2.75, 3.05) is 32.8 Å². The Morgan fingerprint density at radius 3 is 2.58 bits per heavy atom.